The van der Waals surface area contributed by atoms with Gasteiger partial charge in [0.25, 0.3) is 0 Å². The van der Waals surface area contributed by atoms with Crippen molar-refractivity contribution < 1.29 is 18.9 Å². The molecule has 0 bridgehead atoms. The van der Waals surface area contributed by atoms with Crippen molar-refractivity contribution in [2.75, 3.05) is 19.1 Å². The number of rotatable bonds is 6. The molecule has 7 heteroatoms. The predicted octanol–water partition coefficient (Wildman–Crippen LogP) is 1.29. The Balaban J connectivity index is 2.55. The number of amides is 2. The van der Waals surface area contributed by atoms with Crippen LogP contribution in [0.1, 0.15) is 22.8 Å². The van der Waals surface area contributed by atoms with Gasteiger partial charge in [-0.25, -0.2) is 9.59 Å². The van der Waals surface area contributed by atoms with Crippen LogP contribution in [0, 0.1) is 0 Å². The van der Waals surface area contributed by atoms with Gasteiger partial charge in [-0.3, -0.25) is 4.21 Å². The lowest BCUT2D eigenvalue weighted by Gasteiger charge is -2.21. The average Bonchev–Trinajstić information content (AvgIpc) is 2.38. The second kappa shape index (κ2) is 7.78. The predicted molar refractivity (Wildman–Crippen MR) is 81.8 cm³/mol. The third-order valence-corrected chi connectivity index (χ3v) is 3.79. The highest BCUT2D eigenvalue weighted by molar-refractivity contribution is 7.84. The molecule has 2 unspecified atom stereocenters. The number of aromatic carboxylic acids is 1. The first-order valence-corrected chi connectivity index (χ1v) is 8.16. The molecule has 116 valence electrons. The first kappa shape index (κ1) is 17.2. The molecule has 0 aliphatic rings. The summed E-state index contributed by atoms with van der Waals surface area (Å²) in [5, 5.41) is 11.6. The average molecular weight is 312 g/mol. The molecule has 2 N–H and O–H groups in total. The van der Waals surface area contributed by atoms with Gasteiger partial charge in [0.2, 0.25) is 0 Å². The number of nitrogens with zero attached hydrogens (tertiary/aromatic N) is 1. The number of carboxylic acid groups (broad SMARTS) is 1. The van der Waals surface area contributed by atoms with Gasteiger partial charge in [0.1, 0.15) is 0 Å². The highest BCUT2D eigenvalue weighted by atomic mass is 32.2. The summed E-state index contributed by atoms with van der Waals surface area (Å²) in [5.74, 6) is -0.568. The lowest BCUT2D eigenvalue weighted by Crippen LogP contribution is -2.43. The van der Waals surface area contributed by atoms with Crippen molar-refractivity contribution in [2.24, 2.45) is 0 Å². The molecule has 0 aromatic heterocycles. The Hall–Kier alpha value is -1.89. The van der Waals surface area contributed by atoms with Gasteiger partial charge in [-0.1, -0.05) is 12.1 Å². The normalized spacial score (nSPS) is 13.3. The molecule has 0 aliphatic carbocycles. The SMILES string of the molecule is CC(CS(C)=O)NC(=O)N(C)Cc1ccc(C(=O)O)cc1. The van der Waals surface area contributed by atoms with Crippen LogP contribution in [-0.2, 0) is 17.3 Å². The summed E-state index contributed by atoms with van der Waals surface area (Å²) in [4.78, 5) is 24.2. The molecule has 0 saturated heterocycles. The number of carbonyl (C=O) groups is 2. The molecular weight excluding hydrogens is 292 g/mol. The van der Waals surface area contributed by atoms with E-state index in [9.17, 15) is 13.8 Å². The molecule has 1 rings (SSSR count). The van der Waals surface area contributed by atoms with Crippen molar-refractivity contribution in [3.8, 4) is 0 Å². The smallest absolute Gasteiger partial charge is 0.335 e. The van der Waals surface area contributed by atoms with E-state index in [-0.39, 0.29) is 17.6 Å². The van der Waals surface area contributed by atoms with E-state index in [4.69, 9.17) is 5.11 Å². The van der Waals surface area contributed by atoms with Gasteiger partial charge < -0.3 is 15.3 Å². The second-order valence-electron chi connectivity index (χ2n) is 4.95. The quantitative estimate of drug-likeness (QED) is 0.829. The van der Waals surface area contributed by atoms with Crippen LogP contribution >= 0.6 is 0 Å². The van der Waals surface area contributed by atoms with Gasteiger partial charge in [-0.15, -0.1) is 0 Å². The number of benzene rings is 1. The highest BCUT2D eigenvalue weighted by Gasteiger charge is 2.13. The number of hydrogen-bond acceptors (Lipinski definition) is 3. The monoisotopic (exact) mass is 312 g/mol. The summed E-state index contributed by atoms with van der Waals surface area (Å²) in [6.45, 7) is 2.17. The standard InChI is InChI=1S/C14H20N2O4S/c1-10(9-21(3)20)15-14(19)16(2)8-11-4-6-12(7-5-11)13(17)18/h4-7,10H,8-9H2,1-3H3,(H,15,19)(H,17,18). The van der Waals surface area contributed by atoms with Gasteiger partial charge in [0, 0.05) is 42.4 Å². The third-order valence-electron chi connectivity index (χ3n) is 2.82. The largest absolute Gasteiger partial charge is 0.478 e. The maximum absolute atomic E-state index is 11.9. The molecule has 2 amide bonds. The summed E-state index contributed by atoms with van der Waals surface area (Å²) in [5.41, 5.74) is 1.05. The molecule has 1 aromatic rings. The van der Waals surface area contributed by atoms with E-state index in [2.05, 4.69) is 5.32 Å². The van der Waals surface area contributed by atoms with Crippen LogP contribution in [0.2, 0.25) is 0 Å². The Labute approximate surface area is 126 Å². The molecule has 0 aliphatic heterocycles. The van der Waals surface area contributed by atoms with Crippen molar-refractivity contribution in [3.05, 3.63) is 35.4 Å². The summed E-state index contributed by atoms with van der Waals surface area (Å²) in [7, 11) is 0.690. The zero-order valence-corrected chi connectivity index (χ0v) is 13.1. The van der Waals surface area contributed by atoms with Crippen molar-refractivity contribution in [1.82, 2.24) is 10.2 Å². The Bertz CT molecular complexity index is 530. The van der Waals surface area contributed by atoms with Gasteiger partial charge in [0.05, 0.1) is 5.56 Å². The zero-order valence-electron chi connectivity index (χ0n) is 12.3. The molecule has 0 radical (unpaired) electrons. The fourth-order valence-electron chi connectivity index (χ4n) is 1.81. The van der Waals surface area contributed by atoms with Gasteiger partial charge in [-0.05, 0) is 24.6 Å². The number of urea groups is 1. The Kier molecular flexibility index (Phi) is 6.36. The topological polar surface area (TPSA) is 86.7 Å². The van der Waals surface area contributed by atoms with Crippen molar-refractivity contribution in [2.45, 2.75) is 19.5 Å². The minimum absolute atomic E-state index is 0.167. The zero-order chi connectivity index (χ0) is 16.0. The maximum atomic E-state index is 11.9. The molecule has 1 aromatic carbocycles. The molecule has 0 spiro atoms. The van der Waals surface area contributed by atoms with Crippen LogP contribution in [0.5, 0.6) is 0 Å². The molecular formula is C14H20N2O4S. The lowest BCUT2D eigenvalue weighted by molar-refractivity contribution is 0.0697. The minimum atomic E-state index is -0.978. The van der Waals surface area contributed by atoms with E-state index in [0.29, 0.717) is 12.3 Å². The van der Waals surface area contributed by atoms with E-state index in [0.717, 1.165) is 5.56 Å². The molecule has 0 fully saturated rings. The lowest BCUT2D eigenvalue weighted by atomic mass is 10.1. The van der Waals surface area contributed by atoms with Crippen LogP contribution in [0.3, 0.4) is 0 Å². The second-order valence-corrected chi connectivity index (χ2v) is 6.43. The van der Waals surface area contributed by atoms with Crippen LogP contribution in [0.25, 0.3) is 0 Å². The van der Waals surface area contributed by atoms with Crippen LogP contribution in [0.4, 0.5) is 4.79 Å². The van der Waals surface area contributed by atoms with Crippen molar-refractivity contribution >= 4 is 22.8 Å². The Morgan fingerprint density at radius 1 is 1.33 bits per heavy atom. The number of hydrogen-bond donors (Lipinski definition) is 2. The van der Waals surface area contributed by atoms with Crippen molar-refractivity contribution in [3.63, 3.8) is 0 Å². The van der Waals surface area contributed by atoms with Crippen LogP contribution in [0.15, 0.2) is 24.3 Å². The van der Waals surface area contributed by atoms with Gasteiger partial charge in [-0.2, -0.15) is 0 Å². The molecule has 0 heterocycles. The number of carbonyl (C=O) groups excluding carboxylic acids is 1. The first-order chi connectivity index (χ1) is 9.79. The molecule has 0 saturated carbocycles. The Morgan fingerprint density at radius 3 is 2.38 bits per heavy atom. The van der Waals surface area contributed by atoms with Crippen molar-refractivity contribution in [1.29, 1.82) is 0 Å². The van der Waals surface area contributed by atoms with Gasteiger partial charge >= 0.3 is 12.0 Å². The molecule has 2 atom stereocenters. The number of nitrogens with one attached hydrogen (secondary N) is 1. The molecule has 6 nitrogen and oxygen atoms in total. The van der Waals surface area contributed by atoms with Crippen LogP contribution in [-0.4, -0.2) is 51.3 Å². The third kappa shape index (κ3) is 5.95. The minimum Gasteiger partial charge on any atom is -0.478 e. The van der Waals surface area contributed by atoms with E-state index in [1.807, 2.05) is 0 Å². The summed E-state index contributed by atoms with van der Waals surface area (Å²) in [6.07, 6.45) is 1.59. The summed E-state index contributed by atoms with van der Waals surface area (Å²) < 4.78 is 11.1. The summed E-state index contributed by atoms with van der Waals surface area (Å²) in [6, 6.07) is 5.95. The highest BCUT2D eigenvalue weighted by Crippen LogP contribution is 2.07. The molecule has 21 heavy (non-hydrogen) atoms. The fraction of sp³-hybridized carbons (Fsp3) is 0.429. The van der Waals surface area contributed by atoms with E-state index in [1.54, 1.807) is 32.4 Å². The first-order valence-electron chi connectivity index (χ1n) is 6.43. The van der Waals surface area contributed by atoms with Gasteiger partial charge in [0.15, 0.2) is 0 Å². The number of carboxylic acids is 1. The maximum Gasteiger partial charge on any atom is 0.335 e. The van der Waals surface area contributed by atoms with E-state index in [1.165, 1.54) is 17.0 Å². The Morgan fingerprint density at radius 2 is 1.90 bits per heavy atom. The summed E-state index contributed by atoms with van der Waals surface area (Å²) >= 11 is 0. The van der Waals surface area contributed by atoms with E-state index < -0.39 is 16.8 Å². The fourth-order valence-corrected chi connectivity index (χ4v) is 2.60. The van der Waals surface area contributed by atoms with E-state index >= 15 is 0 Å². The van der Waals surface area contributed by atoms with Crippen LogP contribution < -0.4 is 5.32 Å².